The molecule has 3 aromatic heterocycles. The van der Waals surface area contributed by atoms with E-state index in [1.54, 1.807) is 0 Å². The third-order valence-corrected chi connectivity index (χ3v) is 14.6. The number of anilines is 2. The van der Waals surface area contributed by atoms with Gasteiger partial charge in [0, 0.05) is 66.4 Å². The van der Waals surface area contributed by atoms with Crippen molar-refractivity contribution in [3.63, 3.8) is 0 Å². The fourth-order valence-electron chi connectivity index (χ4n) is 11.7. The Morgan fingerprint density at radius 2 is 1.21 bits per heavy atom. The van der Waals surface area contributed by atoms with Crippen molar-refractivity contribution in [1.82, 2.24) is 4.57 Å². The van der Waals surface area contributed by atoms with Crippen molar-refractivity contribution in [2.45, 2.75) is 52.4 Å². The van der Waals surface area contributed by atoms with Crippen molar-refractivity contribution in [3.8, 4) is 27.9 Å². The number of rotatable bonds is 1. The van der Waals surface area contributed by atoms with E-state index in [1.807, 2.05) is 0 Å². The molecule has 11 aromatic rings. The lowest BCUT2D eigenvalue weighted by molar-refractivity contribution is 0.590. The summed E-state index contributed by atoms with van der Waals surface area (Å²) in [4.78, 5) is 2.65. The van der Waals surface area contributed by atoms with Crippen molar-refractivity contribution in [1.29, 1.82) is 0 Å². The molecule has 3 aliphatic rings. The summed E-state index contributed by atoms with van der Waals surface area (Å²) in [6, 6.07) is 52.3. The molecule has 0 bridgehead atoms. The van der Waals surface area contributed by atoms with E-state index in [9.17, 15) is 0 Å². The van der Waals surface area contributed by atoms with Gasteiger partial charge in [0.05, 0.1) is 11.0 Å². The maximum Gasteiger partial charge on any atom is 0.333 e. The van der Waals surface area contributed by atoms with Crippen LogP contribution in [-0.4, -0.2) is 11.4 Å². The molecule has 0 atom stereocenters. The minimum atomic E-state index is -0.140. The Morgan fingerprint density at radius 1 is 0.541 bits per heavy atom. The number of fused-ring (bicyclic) bond motifs is 17. The zero-order chi connectivity index (χ0) is 40.8. The Morgan fingerprint density at radius 3 is 1.95 bits per heavy atom. The van der Waals surface area contributed by atoms with Crippen LogP contribution in [-0.2, 0) is 10.8 Å². The summed E-state index contributed by atoms with van der Waals surface area (Å²) in [5, 5.41) is 7.09. The van der Waals surface area contributed by atoms with Gasteiger partial charge in [-0.15, -0.1) is 0 Å². The molecule has 0 saturated carbocycles. The van der Waals surface area contributed by atoms with Crippen molar-refractivity contribution in [3.05, 3.63) is 162 Å². The van der Waals surface area contributed by atoms with Crippen molar-refractivity contribution in [2.75, 3.05) is 4.81 Å². The quantitative estimate of drug-likeness (QED) is 0.156. The summed E-state index contributed by atoms with van der Waals surface area (Å²) in [7, 11) is 0. The number of hydrogen-bond donors (Lipinski definition) is 0. The third kappa shape index (κ3) is 4.17. The molecule has 1 aliphatic carbocycles. The van der Waals surface area contributed by atoms with Crippen LogP contribution in [0, 0.1) is 6.92 Å². The zero-order valence-corrected chi connectivity index (χ0v) is 35.1. The molecule has 290 valence electrons. The van der Waals surface area contributed by atoms with E-state index in [1.165, 1.54) is 88.8 Å². The summed E-state index contributed by atoms with van der Waals surface area (Å²) < 4.78 is 15.9. The van der Waals surface area contributed by atoms with Gasteiger partial charge < -0.3 is 18.2 Å². The van der Waals surface area contributed by atoms with Gasteiger partial charge in [0.1, 0.15) is 22.3 Å². The van der Waals surface area contributed by atoms with Crippen LogP contribution in [0.5, 0.6) is 0 Å². The van der Waals surface area contributed by atoms with E-state index in [-0.39, 0.29) is 17.7 Å². The Balaban J connectivity index is 1.17. The standard InChI is InChI=1S/C56H41BN2O2/c1-30-23-40-37-25-43-36(33-13-7-10-16-42(33)56(43,5)6)26-46(37)59(32-21-19-31(20-22-32)55(2,3)4)57-44-28-50-39(35-15-9-12-18-49(35)60-50)27-47(44)58-45-29-51-38(34-14-8-11-17-48(34)61-51)24-41(45)52(30)54(58)53(40)57/h7-29H,1-6H3. The maximum absolute atomic E-state index is 6.74. The van der Waals surface area contributed by atoms with Gasteiger partial charge in [0.25, 0.3) is 0 Å². The maximum atomic E-state index is 6.74. The number of aryl methyl sites for hydroxylation is 1. The van der Waals surface area contributed by atoms with Crippen LogP contribution in [0.3, 0.4) is 0 Å². The summed E-state index contributed by atoms with van der Waals surface area (Å²) >= 11 is 0. The number of aromatic nitrogens is 1. The highest BCUT2D eigenvalue weighted by Gasteiger charge is 2.46. The number of hydrogen-bond acceptors (Lipinski definition) is 3. The zero-order valence-electron chi connectivity index (χ0n) is 35.1. The first-order valence-corrected chi connectivity index (χ1v) is 21.6. The van der Waals surface area contributed by atoms with E-state index < -0.39 is 0 Å². The van der Waals surface area contributed by atoms with Gasteiger partial charge in [0.15, 0.2) is 0 Å². The molecule has 5 heterocycles. The SMILES string of the molecule is Cc1cc2c3c4c1c1cc5c(cc1n4-c1cc4c(cc1B3N(c1ccc(C(C)(C)C)cc1)c1cc3c(cc1-2)C(C)(C)c1ccccc1-3)oc1ccccc14)oc1ccccc15. The molecule has 0 radical (unpaired) electrons. The smallest absolute Gasteiger partial charge is 0.333 e. The Hall–Kier alpha value is -6.98. The average Bonchev–Trinajstić information content (AvgIpc) is 3.98. The lowest BCUT2D eigenvalue weighted by Gasteiger charge is -2.42. The molecule has 4 nitrogen and oxygen atoms in total. The van der Waals surface area contributed by atoms with E-state index >= 15 is 0 Å². The molecule has 61 heavy (non-hydrogen) atoms. The van der Waals surface area contributed by atoms with Crippen LogP contribution in [0.4, 0.5) is 11.4 Å². The monoisotopic (exact) mass is 784 g/mol. The Bertz CT molecular complexity index is 3800. The van der Waals surface area contributed by atoms with Crippen LogP contribution < -0.4 is 15.7 Å². The lowest BCUT2D eigenvalue weighted by atomic mass is 9.43. The molecule has 0 unspecified atom stereocenters. The first-order valence-electron chi connectivity index (χ1n) is 21.6. The van der Waals surface area contributed by atoms with E-state index in [0.29, 0.717) is 0 Å². The van der Waals surface area contributed by atoms with Gasteiger partial charge in [-0.25, -0.2) is 0 Å². The van der Waals surface area contributed by atoms with Crippen LogP contribution in [0.2, 0.25) is 0 Å². The number of para-hydroxylation sites is 2. The van der Waals surface area contributed by atoms with Crippen LogP contribution in [0.15, 0.2) is 148 Å². The second kappa shape index (κ2) is 11.0. The molecular formula is C56H41BN2O2. The third-order valence-electron chi connectivity index (χ3n) is 14.6. The van der Waals surface area contributed by atoms with E-state index in [4.69, 9.17) is 8.83 Å². The largest absolute Gasteiger partial charge is 0.456 e. The van der Waals surface area contributed by atoms with Gasteiger partial charge in [-0.2, -0.15) is 0 Å². The second-order valence-electron chi connectivity index (χ2n) is 19.3. The molecule has 0 spiro atoms. The van der Waals surface area contributed by atoms with Gasteiger partial charge in [-0.1, -0.05) is 113 Å². The predicted octanol–water partition coefficient (Wildman–Crippen LogP) is 13.7. The Kier molecular flexibility index (Phi) is 6.12. The van der Waals surface area contributed by atoms with Crippen molar-refractivity contribution >= 4 is 94.8 Å². The van der Waals surface area contributed by atoms with Gasteiger partial charge in [0.2, 0.25) is 0 Å². The van der Waals surface area contributed by atoms with Crippen molar-refractivity contribution < 1.29 is 8.83 Å². The molecule has 8 aromatic carbocycles. The molecule has 0 saturated heterocycles. The molecule has 0 fully saturated rings. The average molecular weight is 785 g/mol. The van der Waals surface area contributed by atoms with Gasteiger partial charge >= 0.3 is 6.85 Å². The number of nitrogens with zero attached hydrogens (tertiary/aromatic N) is 2. The second-order valence-corrected chi connectivity index (χ2v) is 19.3. The number of benzene rings is 8. The molecule has 0 amide bonds. The predicted molar refractivity (Wildman–Crippen MR) is 255 cm³/mol. The minimum absolute atomic E-state index is 0.0283. The first kappa shape index (κ1) is 33.8. The fourth-order valence-corrected chi connectivity index (χ4v) is 11.7. The van der Waals surface area contributed by atoms with Crippen LogP contribution >= 0.6 is 0 Å². The van der Waals surface area contributed by atoms with E-state index in [2.05, 4.69) is 190 Å². The highest BCUT2D eigenvalue weighted by molar-refractivity contribution is 6.94. The summed E-state index contributed by atoms with van der Waals surface area (Å²) in [6.45, 7) is 13.9. The summed E-state index contributed by atoms with van der Waals surface area (Å²) in [5.41, 5.74) is 22.7. The van der Waals surface area contributed by atoms with Crippen molar-refractivity contribution in [2.24, 2.45) is 0 Å². The molecule has 0 N–H and O–H groups in total. The molecule has 14 rings (SSSR count). The fraction of sp³-hybridized carbons (Fsp3) is 0.143. The molecular weight excluding hydrogens is 743 g/mol. The molecule has 5 heteroatoms. The highest BCUT2D eigenvalue weighted by Crippen LogP contribution is 2.55. The topological polar surface area (TPSA) is 34.5 Å². The number of furan rings is 2. The van der Waals surface area contributed by atoms with E-state index in [0.717, 1.165) is 49.4 Å². The molecule has 2 aliphatic heterocycles. The van der Waals surface area contributed by atoms with Gasteiger partial charge in [-0.3, -0.25) is 0 Å². The highest BCUT2D eigenvalue weighted by atomic mass is 16.3. The summed E-state index contributed by atoms with van der Waals surface area (Å²) in [6.07, 6.45) is 0. The van der Waals surface area contributed by atoms with Crippen LogP contribution in [0.1, 0.15) is 56.9 Å². The minimum Gasteiger partial charge on any atom is -0.456 e. The lowest BCUT2D eigenvalue weighted by Crippen LogP contribution is -2.60. The summed E-state index contributed by atoms with van der Waals surface area (Å²) in [5.74, 6) is 0. The Labute approximate surface area is 353 Å². The first-order chi connectivity index (χ1) is 29.5. The van der Waals surface area contributed by atoms with Crippen LogP contribution in [0.25, 0.3) is 93.6 Å². The normalized spacial score (nSPS) is 14.8. The van der Waals surface area contributed by atoms with Gasteiger partial charge in [-0.05, 0) is 117 Å².